The smallest absolute Gasteiger partial charge is 0.309 e. The number of carboxylic acid groups (broad SMARTS) is 1. The molecule has 0 aliphatic carbocycles. The van der Waals surface area contributed by atoms with Crippen molar-refractivity contribution in [3.8, 4) is 0 Å². The van der Waals surface area contributed by atoms with E-state index >= 15 is 0 Å². The zero-order valence-electron chi connectivity index (χ0n) is 16.0. The summed E-state index contributed by atoms with van der Waals surface area (Å²) >= 11 is 0. The van der Waals surface area contributed by atoms with Crippen molar-refractivity contribution >= 4 is 19.3 Å². The Bertz CT molecular complexity index is 424. The van der Waals surface area contributed by atoms with Crippen molar-refractivity contribution in [1.82, 2.24) is 0 Å². The van der Waals surface area contributed by atoms with Crippen LogP contribution in [0.4, 0.5) is 0 Å². The van der Waals surface area contributed by atoms with Gasteiger partial charge in [0.25, 0.3) is 0 Å². The number of carboxylic acids is 1. The number of carbonyl (C=O) groups is 2. The third-order valence-corrected chi connectivity index (χ3v) is 5.99. The number of methoxy groups -OCH3 is 1. The maximum Gasteiger partial charge on any atom is 0.309 e. The van der Waals surface area contributed by atoms with Gasteiger partial charge in [0.1, 0.15) is 0 Å². The van der Waals surface area contributed by atoms with Crippen LogP contribution in [0.1, 0.15) is 71.1 Å². The highest BCUT2D eigenvalue weighted by molar-refractivity contribution is 7.58. The van der Waals surface area contributed by atoms with Gasteiger partial charge in [-0.25, -0.2) is 0 Å². The molecule has 6 nitrogen and oxygen atoms in total. The van der Waals surface area contributed by atoms with Gasteiger partial charge in [-0.15, -0.1) is 0 Å². The predicted octanol–water partition coefficient (Wildman–Crippen LogP) is 4.71. The van der Waals surface area contributed by atoms with Gasteiger partial charge in [-0.3, -0.25) is 14.2 Å². The molecule has 0 fully saturated rings. The lowest BCUT2D eigenvalue weighted by Crippen LogP contribution is -2.21. The Hall–Kier alpha value is -0.870. The first-order valence-corrected chi connectivity index (χ1v) is 11.6. The Balaban J connectivity index is 4.04. The summed E-state index contributed by atoms with van der Waals surface area (Å²) in [6.45, 7) is 4.12. The van der Waals surface area contributed by atoms with Crippen molar-refractivity contribution in [1.29, 1.82) is 0 Å². The molecule has 7 heteroatoms. The molecule has 0 saturated carbocycles. The molecule has 2 atom stereocenters. The van der Waals surface area contributed by atoms with Crippen molar-refractivity contribution in [3.63, 3.8) is 0 Å². The molecule has 0 aromatic carbocycles. The van der Waals surface area contributed by atoms with Crippen LogP contribution in [0.3, 0.4) is 0 Å². The van der Waals surface area contributed by atoms with E-state index in [0.717, 1.165) is 19.3 Å². The van der Waals surface area contributed by atoms with Crippen molar-refractivity contribution in [2.24, 2.45) is 5.92 Å². The third kappa shape index (κ3) is 14.0. The van der Waals surface area contributed by atoms with Gasteiger partial charge in [0.05, 0.1) is 19.6 Å². The summed E-state index contributed by atoms with van der Waals surface area (Å²) in [4.78, 5) is 22.4. The number of rotatable bonds is 16. The number of esters is 1. The predicted molar refractivity (Wildman–Crippen MR) is 99.3 cm³/mol. The first kappa shape index (κ1) is 24.1. The summed E-state index contributed by atoms with van der Waals surface area (Å²) in [5.74, 6) is -2.21. The van der Waals surface area contributed by atoms with Crippen LogP contribution in [-0.4, -0.2) is 43.6 Å². The van der Waals surface area contributed by atoms with Crippen LogP contribution in [0, 0.1) is 5.92 Å². The highest BCUT2D eigenvalue weighted by Gasteiger charge is 2.29. The largest absolute Gasteiger partial charge is 0.481 e. The van der Waals surface area contributed by atoms with Crippen LogP contribution in [0.15, 0.2) is 0 Å². The fourth-order valence-corrected chi connectivity index (χ4v) is 4.45. The molecule has 1 N–H and O–H groups in total. The molecule has 0 bridgehead atoms. The molecule has 0 aromatic rings. The van der Waals surface area contributed by atoms with Crippen LogP contribution in [0.25, 0.3) is 0 Å². The SMILES string of the molecule is CCCCCCCCCCOP(C)(=O)CC(CCC(=O)O)C(=O)OC. The summed E-state index contributed by atoms with van der Waals surface area (Å²) < 4.78 is 22.7. The van der Waals surface area contributed by atoms with Gasteiger partial charge < -0.3 is 14.4 Å². The van der Waals surface area contributed by atoms with Crippen LogP contribution in [0.5, 0.6) is 0 Å². The van der Waals surface area contributed by atoms with Crippen molar-refractivity contribution in [3.05, 3.63) is 0 Å². The molecule has 25 heavy (non-hydrogen) atoms. The molecule has 0 aromatic heterocycles. The number of aliphatic carboxylic acids is 1. The lowest BCUT2D eigenvalue weighted by molar-refractivity contribution is -0.145. The van der Waals surface area contributed by atoms with Gasteiger partial charge in [0, 0.05) is 19.2 Å². The molecule has 0 heterocycles. The monoisotopic (exact) mass is 378 g/mol. The van der Waals surface area contributed by atoms with Gasteiger partial charge in [0.2, 0.25) is 7.37 Å². The molecule has 0 radical (unpaired) electrons. The van der Waals surface area contributed by atoms with Gasteiger partial charge in [0.15, 0.2) is 0 Å². The van der Waals surface area contributed by atoms with E-state index in [0.29, 0.717) is 6.61 Å². The molecule has 0 rings (SSSR count). The minimum absolute atomic E-state index is 0.0317. The molecule has 0 spiro atoms. The second-order valence-electron chi connectivity index (χ2n) is 6.66. The van der Waals surface area contributed by atoms with E-state index in [-0.39, 0.29) is 19.0 Å². The first-order chi connectivity index (χ1) is 11.8. The molecule has 0 aliphatic rings. The highest BCUT2D eigenvalue weighted by atomic mass is 31.2. The maximum atomic E-state index is 12.5. The van der Waals surface area contributed by atoms with Crippen molar-refractivity contribution in [2.45, 2.75) is 71.1 Å². The molecule has 0 saturated heterocycles. The van der Waals surface area contributed by atoms with E-state index < -0.39 is 25.2 Å². The van der Waals surface area contributed by atoms with E-state index in [1.54, 1.807) is 0 Å². The molecule has 148 valence electrons. The normalized spacial score (nSPS) is 14.7. The van der Waals surface area contributed by atoms with E-state index in [1.165, 1.54) is 45.9 Å². The molecule has 0 amide bonds. The average Bonchev–Trinajstić information content (AvgIpc) is 2.56. The number of hydrogen-bond acceptors (Lipinski definition) is 5. The topological polar surface area (TPSA) is 89.9 Å². The van der Waals surface area contributed by atoms with E-state index in [2.05, 4.69) is 11.7 Å². The summed E-state index contributed by atoms with van der Waals surface area (Å²) in [6, 6.07) is 0. The molecule has 0 aliphatic heterocycles. The number of carbonyl (C=O) groups excluding carboxylic acids is 1. The third-order valence-electron chi connectivity index (χ3n) is 4.16. The number of unbranched alkanes of at least 4 members (excludes halogenated alkanes) is 7. The van der Waals surface area contributed by atoms with Crippen LogP contribution >= 0.6 is 7.37 Å². The van der Waals surface area contributed by atoms with Gasteiger partial charge in [-0.1, -0.05) is 51.9 Å². The summed E-state index contributed by atoms with van der Waals surface area (Å²) in [5, 5.41) is 8.75. The second-order valence-corrected chi connectivity index (χ2v) is 9.31. The lowest BCUT2D eigenvalue weighted by atomic mass is 10.1. The van der Waals surface area contributed by atoms with E-state index in [9.17, 15) is 14.2 Å². The molecular formula is C18H35O6P. The zero-order valence-corrected chi connectivity index (χ0v) is 16.9. The average molecular weight is 378 g/mol. The maximum absolute atomic E-state index is 12.5. The first-order valence-electron chi connectivity index (χ1n) is 9.33. The lowest BCUT2D eigenvalue weighted by Gasteiger charge is -2.19. The van der Waals surface area contributed by atoms with Gasteiger partial charge >= 0.3 is 11.9 Å². The Kier molecular flexibility index (Phi) is 13.8. The van der Waals surface area contributed by atoms with Crippen molar-refractivity contribution in [2.75, 3.05) is 26.5 Å². The standard InChI is InChI=1S/C18H35O6P/c1-4-5-6-7-8-9-10-11-14-24-25(3,22)15-16(18(21)23-2)12-13-17(19)20/h16H,4-15H2,1-3H3,(H,19,20). The van der Waals surface area contributed by atoms with Gasteiger partial charge in [-0.05, 0) is 12.8 Å². The number of ether oxygens (including phenoxy) is 1. The number of hydrogen-bond donors (Lipinski definition) is 1. The molecular weight excluding hydrogens is 343 g/mol. The minimum Gasteiger partial charge on any atom is -0.481 e. The summed E-state index contributed by atoms with van der Waals surface area (Å²) in [7, 11) is -1.69. The Labute approximate surface area is 152 Å². The zero-order chi connectivity index (χ0) is 19.1. The molecule has 2 unspecified atom stereocenters. The fraction of sp³-hybridized carbons (Fsp3) is 0.889. The second kappa shape index (κ2) is 14.3. The Morgan fingerprint density at radius 2 is 1.60 bits per heavy atom. The Morgan fingerprint density at radius 3 is 2.12 bits per heavy atom. The van der Waals surface area contributed by atoms with E-state index in [1.807, 2.05) is 0 Å². The van der Waals surface area contributed by atoms with Crippen LogP contribution < -0.4 is 0 Å². The van der Waals surface area contributed by atoms with Crippen molar-refractivity contribution < 1.29 is 28.5 Å². The quantitative estimate of drug-likeness (QED) is 0.238. The van der Waals surface area contributed by atoms with Gasteiger partial charge in [-0.2, -0.15) is 0 Å². The van der Waals surface area contributed by atoms with Crippen LogP contribution in [0.2, 0.25) is 0 Å². The Morgan fingerprint density at radius 1 is 1.04 bits per heavy atom. The fourth-order valence-electron chi connectivity index (χ4n) is 2.69. The minimum atomic E-state index is -2.94. The van der Waals surface area contributed by atoms with E-state index in [4.69, 9.17) is 9.63 Å². The summed E-state index contributed by atoms with van der Waals surface area (Å²) in [6.07, 6.45) is 9.38. The highest BCUT2D eigenvalue weighted by Crippen LogP contribution is 2.45. The summed E-state index contributed by atoms with van der Waals surface area (Å²) in [5.41, 5.74) is 0. The van der Waals surface area contributed by atoms with Crippen LogP contribution in [-0.2, 0) is 23.4 Å².